The van der Waals surface area contributed by atoms with Crippen LogP contribution in [0.1, 0.15) is 20.8 Å². The molecule has 0 aliphatic carbocycles. The lowest BCUT2D eigenvalue weighted by Crippen LogP contribution is -2.13. The Kier molecular flexibility index (Phi) is 3.84. The molecule has 0 aliphatic heterocycles. The van der Waals surface area contributed by atoms with Gasteiger partial charge in [0.1, 0.15) is 5.69 Å². The Bertz CT molecular complexity index is 565. The summed E-state index contributed by atoms with van der Waals surface area (Å²) in [6.45, 7) is 0. The predicted molar refractivity (Wildman–Crippen MR) is 71.7 cm³/mol. The fourth-order valence-corrected chi connectivity index (χ4v) is 1.60. The molecule has 1 heterocycles. The van der Waals surface area contributed by atoms with Crippen molar-refractivity contribution < 1.29 is 9.59 Å². The summed E-state index contributed by atoms with van der Waals surface area (Å²) in [5.41, 5.74) is 1.39. The van der Waals surface area contributed by atoms with E-state index in [9.17, 15) is 9.59 Å². The highest BCUT2D eigenvalue weighted by Crippen LogP contribution is 2.14. The Labute approximate surface area is 112 Å². The Morgan fingerprint density at radius 3 is 2.44 bits per heavy atom. The van der Waals surface area contributed by atoms with Crippen molar-refractivity contribution in [2.75, 3.05) is 5.32 Å². The van der Waals surface area contributed by atoms with Crippen molar-refractivity contribution in [3.8, 4) is 0 Å². The number of halogens is 1. The lowest BCUT2D eigenvalue weighted by atomic mass is 10.2. The van der Waals surface area contributed by atoms with Crippen LogP contribution in [0.2, 0.25) is 0 Å². The van der Waals surface area contributed by atoms with E-state index in [1.54, 1.807) is 18.2 Å². The average molecular weight is 305 g/mol. The van der Waals surface area contributed by atoms with E-state index in [1.807, 2.05) is 12.1 Å². The molecule has 18 heavy (non-hydrogen) atoms. The molecule has 1 aromatic heterocycles. The number of amides is 1. The van der Waals surface area contributed by atoms with E-state index in [0.29, 0.717) is 17.5 Å². The normalized spacial score (nSPS) is 9.83. The van der Waals surface area contributed by atoms with E-state index in [4.69, 9.17) is 0 Å². The number of rotatable bonds is 3. The number of hydrogen-bond donors (Lipinski definition) is 1. The largest absolute Gasteiger partial charge is 0.321 e. The van der Waals surface area contributed by atoms with E-state index in [-0.39, 0.29) is 11.6 Å². The zero-order valence-electron chi connectivity index (χ0n) is 9.26. The first-order chi connectivity index (χ1) is 8.69. The lowest BCUT2D eigenvalue weighted by molar-refractivity contribution is 0.102. The number of benzene rings is 1. The smallest absolute Gasteiger partial charge is 0.274 e. The molecule has 2 aromatic rings. The molecule has 1 amide bonds. The van der Waals surface area contributed by atoms with Gasteiger partial charge in [-0.15, -0.1) is 0 Å². The molecule has 0 unspecified atom stereocenters. The van der Waals surface area contributed by atoms with Crippen LogP contribution >= 0.6 is 15.9 Å². The van der Waals surface area contributed by atoms with Gasteiger partial charge in [0.05, 0.1) is 0 Å². The van der Waals surface area contributed by atoms with Crippen molar-refractivity contribution in [1.82, 2.24) is 4.98 Å². The van der Waals surface area contributed by atoms with Gasteiger partial charge in [-0.1, -0.05) is 15.9 Å². The molecule has 0 bridgehead atoms. The van der Waals surface area contributed by atoms with Gasteiger partial charge in [-0.2, -0.15) is 0 Å². The van der Waals surface area contributed by atoms with Gasteiger partial charge >= 0.3 is 0 Å². The summed E-state index contributed by atoms with van der Waals surface area (Å²) in [6.07, 6.45) is 2.05. The van der Waals surface area contributed by atoms with Gasteiger partial charge in [0, 0.05) is 21.9 Å². The molecule has 0 saturated heterocycles. The fraction of sp³-hybridized carbons (Fsp3) is 0. The number of carbonyl (C=O) groups is 2. The first-order valence-corrected chi connectivity index (χ1v) is 5.96. The van der Waals surface area contributed by atoms with Crippen molar-refractivity contribution in [3.05, 3.63) is 58.3 Å². The number of nitrogens with one attached hydrogen (secondary N) is 1. The maximum absolute atomic E-state index is 11.8. The molecule has 0 fully saturated rings. The molecule has 0 spiro atoms. The highest BCUT2D eigenvalue weighted by Gasteiger charge is 2.07. The van der Waals surface area contributed by atoms with Crippen molar-refractivity contribution in [2.24, 2.45) is 0 Å². The van der Waals surface area contributed by atoms with Crippen LogP contribution in [0.4, 0.5) is 5.69 Å². The number of nitrogens with zero attached hydrogens (tertiary/aromatic N) is 1. The van der Waals surface area contributed by atoms with Crippen LogP contribution in [0.25, 0.3) is 0 Å². The van der Waals surface area contributed by atoms with Gasteiger partial charge in [0.15, 0.2) is 6.29 Å². The zero-order chi connectivity index (χ0) is 13.0. The molecule has 1 aromatic carbocycles. The Hall–Kier alpha value is -2.01. The van der Waals surface area contributed by atoms with Crippen molar-refractivity contribution in [2.45, 2.75) is 0 Å². The third-order valence-electron chi connectivity index (χ3n) is 2.26. The Morgan fingerprint density at radius 2 is 1.89 bits per heavy atom. The maximum atomic E-state index is 11.8. The summed E-state index contributed by atoms with van der Waals surface area (Å²) in [6, 6.07) is 10.3. The summed E-state index contributed by atoms with van der Waals surface area (Å²) in [5.74, 6) is -0.310. The summed E-state index contributed by atoms with van der Waals surface area (Å²) < 4.78 is 0.939. The zero-order valence-corrected chi connectivity index (χ0v) is 10.8. The first-order valence-electron chi connectivity index (χ1n) is 5.17. The molecular formula is C13H9BrN2O2. The van der Waals surface area contributed by atoms with Crippen LogP contribution in [-0.2, 0) is 0 Å². The molecular weight excluding hydrogens is 296 g/mol. The van der Waals surface area contributed by atoms with Crippen LogP contribution in [-0.4, -0.2) is 17.2 Å². The average Bonchev–Trinajstić information content (AvgIpc) is 2.41. The Balaban J connectivity index is 2.11. The number of pyridine rings is 1. The summed E-state index contributed by atoms with van der Waals surface area (Å²) in [4.78, 5) is 26.2. The highest BCUT2D eigenvalue weighted by molar-refractivity contribution is 9.10. The predicted octanol–water partition coefficient (Wildman–Crippen LogP) is 2.91. The molecule has 0 saturated carbocycles. The highest BCUT2D eigenvalue weighted by atomic mass is 79.9. The second-order valence-electron chi connectivity index (χ2n) is 3.56. The number of aromatic nitrogens is 1. The fourth-order valence-electron chi connectivity index (χ4n) is 1.34. The SMILES string of the molecule is O=Cc1ccc(C(=O)Nc2ccc(Br)cc2)nc1. The van der Waals surface area contributed by atoms with Crippen molar-refractivity contribution in [1.29, 1.82) is 0 Å². The summed E-state index contributed by atoms with van der Waals surface area (Å²) in [7, 11) is 0. The Morgan fingerprint density at radius 1 is 1.17 bits per heavy atom. The molecule has 0 atom stereocenters. The molecule has 1 N–H and O–H groups in total. The number of carbonyl (C=O) groups excluding carboxylic acids is 2. The first kappa shape index (κ1) is 12.4. The van der Waals surface area contributed by atoms with Gasteiger partial charge in [-0.25, -0.2) is 0 Å². The van der Waals surface area contributed by atoms with Gasteiger partial charge in [0.2, 0.25) is 0 Å². The molecule has 2 rings (SSSR count). The van der Waals surface area contributed by atoms with Gasteiger partial charge < -0.3 is 5.32 Å². The third-order valence-corrected chi connectivity index (χ3v) is 2.79. The minimum atomic E-state index is -0.310. The quantitative estimate of drug-likeness (QED) is 0.887. The minimum Gasteiger partial charge on any atom is -0.321 e. The van der Waals surface area contributed by atoms with Crippen LogP contribution in [0.3, 0.4) is 0 Å². The second-order valence-corrected chi connectivity index (χ2v) is 4.47. The van der Waals surface area contributed by atoms with E-state index in [1.165, 1.54) is 12.3 Å². The van der Waals surface area contributed by atoms with Crippen LogP contribution < -0.4 is 5.32 Å². The van der Waals surface area contributed by atoms with E-state index < -0.39 is 0 Å². The molecule has 0 aliphatic rings. The minimum absolute atomic E-state index is 0.267. The van der Waals surface area contributed by atoms with E-state index in [0.717, 1.165) is 4.47 Å². The summed E-state index contributed by atoms with van der Waals surface area (Å²) >= 11 is 3.31. The van der Waals surface area contributed by atoms with Gasteiger partial charge in [-0.05, 0) is 36.4 Å². The third kappa shape index (κ3) is 3.01. The summed E-state index contributed by atoms with van der Waals surface area (Å²) in [5, 5.41) is 2.71. The number of aldehydes is 1. The van der Waals surface area contributed by atoms with Gasteiger partial charge in [-0.3, -0.25) is 14.6 Å². The molecule has 5 heteroatoms. The maximum Gasteiger partial charge on any atom is 0.274 e. The molecule has 90 valence electrons. The molecule has 4 nitrogen and oxygen atoms in total. The standard InChI is InChI=1S/C13H9BrN2O2/c14-10-2-4-11(5-3-10)16-13(18)12-6-1-9(8-17)7-15-12/h1-8H,(H,16,18). The monoisotopic (exact) mass is 304 g/mol. The number of hydrogen-bond acceptors (Lipinski definition) is 3. The van der Waals surface area contributed by atoms with E-state index >= 15 is 0 Å². The van der Waals surface area contributed by atoms with Crippen LogP contribution in [0.5, 0.6) is 0 Å². The number of anilines is 1. The second kappa shape index (κ2) is 5.55. The van der Waals surface area contributed by atoms with Crippen LogP contribution in [0, 0.1) is 0 Å². The van der Waals surface area contributed by atoms with Crippen molar-refractivity contribution >= 4 is 33.8 Å². The molecule has 0 radical (unpaired) electrons. The van der Waals surface area contributed by atoms with Crippen molar-refractivity contribution in [3.63, 3.8) is 0 Å². The van der Waals surface area contributed by atoms with Crippen LogP contribution in [0.15, 0.2) is 47.1 Å². The van der Waals surface area contributed by atoms with E-state index in [2.05, 4.69) is 26.2 Å². The lowest BCUT2D eigenvalue weighted by Gasteiger charge is -2.04. The topological polar surface area (TPSA) is 59.1 Å². The van der Waals surface area contributed by atoms with Gasteiger partial charge in [0.25, 0.3) is 5.91 Å².